The molecule has 0 unspecified atom stereocenters. The van der Waals surface area contributed by atoms with Crippen molar-refractivity contribution < 1.29 is 4.79 Å². The monoisotopic (exact) mass is 351 g/mol. The molecule has 0 bridgehead atoms. The van der Waals surface area contributed by atoms with E-state index in [0.717, 1.165) is 43.5 Å². The molecule has 24 heavy (non-hydrogen) atoms. The van der Waals surface area contributed by atoms with Crippen molar-refractivity contribution in [3.05, 3.63) is 11.8 Å². The lowest BCUT2D eigenvalue weighted by Crippen LogP contribution is -2.05. The van der Waals surface area contributed by atoms with Crippen molar-refractivity contribution in [3.63, 3.8) is 0 Å². The number of hydrogen-bond donors (Lipinski definition) is 1. The Kier molecular flexibility index (Phi) is 13.0. The van der Waals surface area contributed by atoms with Crippen LogP contribution in [0.25, 0.3) is 0 Å². The summed E-state index contributed by atoms with van der Waals surface area (Å²) < 4.78 is 0. The lowest BCUT2D eigenvalue weighted by Gasteiger charge is -2.03. The SMILES string of the molecule is CCCCCCCCCCCCCC(=O)CCCC1=CNC(=S)C1. The standard InChI is InChI=1S/C21H37NOS/c1-2-3-4-5-6-7-8-9-10-11-12-15-20(23)16-13-14-19-17-21(24)22-18-19/h18H,2-17H2,1H3,(H,22,24). The lowest BCUT2D eigenvalue weighted by molar-refractivity contribution is -0.119. The summed E-state index contributed by atoms with van der Waals surface area (Å²) in [4.78, 5) is 12.8. The molecule has 0 saturated heterocycles. The number of nitrogens with one attached hydrogen (secondary N) is 1. The van der Waals surface area contributed by atoms with Crippen LogP contribution in [0.3, 0.4) is 0 Å². The molecule has 1 heterocycles. The van der Waals surface area contributed by atoms with Crippen molar-refractivity contribution in [2.24, 2.45) is 0 Å². The van der Waals surface area contributed by atoms with E-state index in [1.807, 2.05) is 6.20 Å². The van der Waals surface area contributed by atoms with Gasteiger partial charge in [-0.3, -0.25) is 4.79 Å². The molecule has 2 nitrogen and oxygen atoms in total. The molecule has 1 aliphatic heterocycles. The van der Waals surface area contributed by atoms with Crippen LogP contribution in [0.15, 0.2) is 11.8 Å². The van der Waals surface area contributed by atoms with Gasteiger partial charge in [0.05, 0.1) is 4.99 Å². The summed E-state index contributed by atoms with van der Waals surface area (Å²) >= 11 is 5.10. The number of unbranched alkanes of at least 4 members (excludes halogenated alkanes) is 10. The quantitative estimate of drug-likeness (QED) is 0.250. The van der Waals surface area contributed by atoms with E-state index >= 15 is 0 Å². The van der Waals surface area contributed by atoms with E-state index in [9.17, 15) is 4.79 Å². The Hall–Kier alpha value is -0.700. The van der Waals surface area contributed by atoms with Gasteiger partial charge in [0, 0.05) is 25.5 Å². The zero-order valence-corrected chi connectivity index (χ0v) is 16.5. The van der Waals surface area contributed by atoms with Crippen molar-refractivity contribution in [3.8, 4) is 0 Å². The van der Waals surface area contributed by atoms with Crippen molar-refractivity contribution in [2.45, 2.75) is 110 Å². The van der Waals surface area contributed by atoms with Crippen LogP contribution in [-0.2, 0) is 4.79 Å². The van der Waals surface area contributed by atoms with Gasteiger partial charge in [-0.25, -0.2) is 0 Å². The maximum Gasteiger partial charge on any atom is 0.132 e. The molecule has 0 radical (unpaired) electrons. The maximum absolute atomic E-state index is 11.9. The first-order valence-electron chi connectivity index (χ1n) is 10.2. The number of Topliss-reactive ketones (excluding diaryl/α,β-unsaturated/α-hetero) is 1. The highest BCUT2D eigenvalue weighted by Crippen LogP contribution is 2.17. The Morgan fingerprint density at radius 3 is 2.00 bits per heavy atom. The van der Waals surface area contributed by atoms with Crippen LogP contribution in [0.5, 0.6) is 0 Å². The number of thiocarbonyl (C=S) groups is 1. The number of carbonyl (C=O) groups is 1. The average molecular weight is 352 g/mol. The molecule has 1 rings (SSSR count). The predicted molar refractivity (Wildman–Crippen MR) is 108 cm³/mol. The zero-order chi connectivity index (χ0) is 17.5. The van der Waals surface area contributed by atoms with Crippen molar-refractivity contribution in [1.29, 1.82) is 0 Å². The molecule has 0 spiro atoms. The second-order valence-electron chi connectivity index (χ2n) is 7.22. The first kappa shape index (κ1) is 21.3. The fraction of sp³-hybridized carbons (Fsp3) is 0.810. The van der Waals surface area contributed by atoms with Gasteiger partial charge in [0.2, 0.25) is 0 Å². The Morgan fingerprint density at radius 2 is 1.46 bits per heavy atom. The third kappa shape index (κ3) is 11.8. The Labute approximate surface area is 154 Å². The number of ketones is 1. The summed E-state index contributed by atoms with van der Waals surface area (Å²) in [7, 11) is 0. The molecule has 0 amide bonds. The minimum Gasteiger partial charge on any atom is -0.356 e. The highest BCUT2D eigenvalue weighted by atomic mass is 32.1. The number of rotatable bonds is 16. The van der Waals surface area contributed by atoms with Gasteiger partial charge in [0.25, 0.3) is 0 Å². The van der Waals surface area contributed by atoms with Crippen LogP contribution in [0, 0.1) is 0 Å². The van der Waals surface area contributed by atoms with E-state index in [1.165, 1.54) is 69.8 Å². The van der Waals surface area contributed by atoms with E-state index in [0.29, 0.717) is 5.78 Å². The van der Waals surface area contributed by atoms with Gasteiger partial charge in [-0.05, 0) is 24.8 Å². The minimum absolute atomic E-state index is 0.444. The second-order valence-corrected chi connectivity index (χ2v) is 7.72. The van der Waals surface area contributed by atoms with Crippen LogP contribution in [-0.4, -0.2) is 10.8 Å². The summed E-state index contributed by atoms with van der Waals surface area (Å²) in [5.41, 5.74) is 1.35. The minimum atomic E-state index is 0.444. The Morgan fingerprint density at radius 1 is 0.917 bits per heavy atom. The van der Waals surface area contributed by atoms with Gasteiger partial charge in [-0.1, -0.05) is 83.3 Å². The van der Waals surface area contributed by atoms with E-state index < -0.39 is 0 Å². The molecule has 1 aliphatic rings. The van der Waals surface area contributed by atoms with Gasteiger partial charge in [0.1, 0.15) is 5.78 Å². The molecule has 0 fully saturated rings. The van der Waals surface area contributed by atoms with Gasteiger partial charge in [0.15, 0.2) is 0 Å². The fourth-order valence-corrected chi connectivity index (χ4v) is 3.52. The van der Waals surface area contributed by atoms with Gasteiger partial charge in [-0.15, -0.1) is 0 Å². The molecule has 0 atom stereocenters. The van der Waals surface area contributed by atoms with Crippen LogP contribution in [0.1, 0.15) is 110 Å². The molecule has 0 aromatic rings. The fourth-order valence-electron chi connectivity index (χ4n) is 3.28. The largest absolute Gasteiger partial charge is 0.356 e. The van der Waals surface area contributed by atoms with Crippen LogP contribution in [0.4, 0.5) is 0 Å². The molecule has 0 aromatic carbocycles. The predicted octanol–water partition coefficient (Wildman–Crippen LogP) is 6.63. The van der Waals surface area contributed by atoms with E-state index in [2.05, 4.69) is 12.2 Å². The van der Waals surface area contributed by atoms with Gasteiger partial charge >= 0.3 is 0 Å². The smallest absolute Gasteiger partial charge is 0.132 e. The number of hydrogen-bond acceptors (Lipinski definition) is 2. The highest BCUT2D eigenvalue weighted by Gasteiger charge is 2.09. The zero-order valence-electron chi connectivity index (χ0n) is 15.7. The third-order valence-electron chi connectivity index (χ3n) is 4.84. The summed E-state index contributed by atoms with van der Waals surface area (Å²) in [6.07, 6.45) is 21.1. The normalized spacial score (nSPS) is 13.9. The Balaban J connectivity index is 1.80. The van der Waals surface area contributed by atoms with E-state index in [-0.39, 0.29) is 0 Å². The van der Waals surface area contributed by atoms with Crippen LogP contribution >= 0.6 is 12.2 Å². The van der Waals surface area contributed by atoms with E-state index in [4.69, 9.17) is 12.2 Å². The summed E-state index contributed by atoms with van der Waals surface area (Å²) in [6, 6.07) is 0. The van der Waals surface area contributed by atoms with Crippen molar-refractivity contribution in [1.82, 2.24) is 5.32 Å². The number of carbonyl (C=O) groups excluding carboxylic acids is 1. The first-order valence-corrected chi connectivity index (χ1v) is 10.6. The van der Waals surface area contributed by atoms with Crippen molar-refractivity contribution >= 4 is 23.0 Å². The molecule has 0 aliphatic carbocycles. The summed E-state index contributed by atoms with van der Waals surface area (Å²) in [5, 5.41) is 3.07. The van der Waals surface area contributed by atoms with Crippen molar-refractivity contribution in [2.75, 3.05) is 0 Å². The topological polar surface area (TPSA) is 29.1 Å². The maximum atomic E-state index is 11.9. The summed E-state index contributed by atoms with van der Waals surface area (Å²) in [6.45, 7) is 2.27. The molecule has 0 saturated carbocycles. The summed E-state index contributed by atoms with van der Waals surface area (Å²) in [5.74, 6) is 0.444. The van der Waals surface area contributed by atoms with Gasteiger partial charge in [-0.2, -0.15) is 0 Å². The molecular weight excluding hydrogens is 314 g/mol. The van der Waals surface area contributed by atoms with Crippen LogP contribution < -0.4 is 5.32 Å². The lowest BCUT2D eigenvalue weighted by atomic mass is 10.0. The average Bonchev–Trinajstić information content (AvgIpc) is 2.98. The molecule has 138 valence electrons. The van der Waals surface area contributed by atoms with Crippen LogP contribution in [0.2, 0.25) is 0 Å². The first-order chi connectivity index (χ1) is 11.7. The van der Waals surface area contributed by atoms with E-state index in [1.54, 1.807) is 0 Å². The molecule has 3 heteroatoms. The highest BCUT2D eigenvalue weighted by molar-refractivity contribution is 7.80. The third-order valence-corrected chi connectivity index (χ3v) is 5.10. The van der Waals surface area contributed by atoms with Gasteiger partial charge < -0.3 is 5.32 Å². The molecule has 1 N–H and O–H groups in total. The Bertz CT molecular complexity index is 389. The second kappa shape index (κ2) is 14.6. The molecular formula is C21H37NOS. The molecule has 0 aromatic heterocycles.